The number of nitrogens with two attached hydrogens (primary N) is 4. The number of pyridine rings is 1. The van der Waals surface area contributed by atoms with Gasteiger partial charge < -0.3 is 102 Å². The fourth-order valence-electron chi connectivity index (χ4n) is 10.1. The molecule has 0 aliphatic heterocycles. The van der Waals surface area contributed by atoms with Crippen molar-refractivity contribution in [3.63, 3.8) is 0 Å². The lowest BCUT2D eigenvalue weighted by molar-refractivity contribution is 0.153. The van der Waals surface area contributed by atoms with E-state index < -0.39 is 35.3 Å². The fraction of sp³-hybridized carbons (Fsp3) is 0.377. The predicted molar refractivity (Wildman–Crippen MR) is 416 cm³/mol. The predicted octanol–water partition coefficient (Wildman–Crippen LogP) is 10.1. The van der Waals surface area contributed by atoms with Crippen LogP contribution in [-0.2, 0) is 108 Å². The molecule has 3 aromatic carbocycles. The van der Waals surface area contributed by atoms with Crippen LogP contribution in [0.15, 0.2) is 117 Å². The molecule has 606 valence electrons. The second-order valence-corrected chi connectivity index (χ2v) is 35.2. The highest BCUT2D eigenvalue weighted by molar-refractivity contribution is 7.58. The first-order valence-corrected chi connectivity index (χ1v) is 43.4. The molecule has 0 spiro atoms. The second-order valence-electron chi connectivity index (χ2n) is 25.1. The SMILES string of the molecule is COc1ccc(COP(C)(=O)COCCn2cnc3c(OC)nc(N)nc32)cc1F.COc1nc(N)nc2c1ncn2CCOCP(C)(=O)OCc1ccc(C)cc1.COc1nc(N)nc2c1ncn2CCOCP(C)(=O)OCc1cccc(F)c1.COc1nc(N)nc2c1ncn2CCOCP(C)(=O)OCc1cccnc1. The number of nitrogens with zero attached hydrogens (tertiary/aromatic N) is 17. The van der Waals surface area contributed by atoms with Gasteiger partial charge in [-0.25, -0.2) is 28.7 Å². The standard InChI is InChI=1S/C18H23FN5O5P.C18H24N5O4P.C17H21FN5O4P.C16H21N6O4P/c1-26-14-5-4-12(8-13(14)19)9-29-30(3,25)11-28-7-6-24-10-21-15-16(24)22-18(20)23-17(15)27-2;1-13-4-6-14(7-5-13)10-27-28(3,24)12-26-9-8-23-11-20-15-16(23)21-18(19)22-17(15)25-2;1-25-16-14-15(21-17(19)22-16)23(10-20-14)6-7-26-11-28(2,24)27-9-12-4-3-5-13(18)8-12;1-24-15-13-14(20-16(17)21-15)22(10-19-13)6-7-25-11-27(2,23)26-9-12-4-3-5-18-8-12/h4-5,8,10H,6-7,9,11H2,1-3H3,(H2,20,22,23);4-7,11H,8-10,12H2,1-3H3,(H2,19,21,22);3-5,8,10H,6-7,9,11H2,1-2H3,(H2,19,21,22);3-5,8,10H,6-7,9,11H2,1-2H3,(H2,17,20,21). The van der Waals surface area contributed by atoms with Crippen LogP contribution < -0.4 is 46.6 Å². The van der Waals surface area contributed by atoms with Crippen LogP contribution in [0, 0.1) is 18.6 Å². The lowest BCUT2D eigenvalue weighted by Crippen LogP contribution is -2.08. The number of benzene rings is 3. The van der Waals surface area contributed by atoms with Crippen LogP contribution in [-0.4, -0.2) is 197 Å². The van der Waals surface area contributed by atoms with E-state index in [9.17, 15) is 27.0 Å². The molecule has 9 heterocycles. The Hall–Kier alpha value is -10.3. The first kappa shape index (κ1) is 86.7. The number of hydrogen-bond donors (Lipinski definition) is 4. The number of fused-ring (bicyclic) bond motifs is 4. The highest BCUT2D eigenvalue weighted by Gasteiger charge is 2.23. The third-order valence-electron chi connectivity index (χ3n) is 15.7. The Morgan fingerprint density at radius 2 is 0.717 bits per heavy atom. The highest BCUT2D eigenvalue weighted by atomic mass is 31.2. The molecule has 0 radical (unpaired) electrons. The zero-order valence-corrected chi connectivity index (χ0v) is 67.3. The Balaban J connectivity index is 0.000000173. The van der Waals surface area contributed by atoms with E-state index >= 15 is 0 Å². The second kappa shape index (κ2) is 40.9. The molecule has 0 saturated carbocycles. The molecule has 38 nitrogen and oxygen atoms in total. The van der Waals surface area contributed by atoms with E-state index in [2.05, 4.69) is 64.8 Å². The number of nitrogen functional groups attached to an aromatic ring is 4. The molecule has 113 heavy (non-hydrogen) atoms. The third kappa shape index (κ3) is 26.1. The van der Waals surface area contributed by atoms with Gasteiger partial charge in [-0.2, -0.15) is 39.9 Å². The van der Waals surface area contributed by atoms with Gasteiger partial charge in [0, 0.05) is 65.2 Å². The first-order chi connectivity index (χ1) is 54.1. The van der Waals surface area contributed by atoms with E-state index in [4.69, 9.17) is 83.7 Å². The summed E-state index contributed by atoms with van der Waals surface area (Å²) in [6, 6.07) is 22.0. The van der Waals surface area contributed by atoms with Gasteiger partial charge in [0.25, 0.3) is 0 Å². The summed E-state index contributed by atoms with van der Waals surface area (Å²) in [6.07, 6.45) is 9.63. The van der Waals surface area contributed by atoms with E-state index in [0.717, 1.165) is 11.1 Å². The Morgan fingerprint density at radius 1 is 0.389 bits per heavy atom. The van der Waals surface area contributed by atoms with Crippen LogP contribution in [0.4, 0.5) is 32.6 Å². The maximum atomic E-state index is 13.7. The Kier molecular flexibility index (Phi) is 31.4. The number of imidazole rings is 4. The van der Waals surface area contributed by atoms with Gasteiger partial charge in [-0.3, -0.25) is 23.2 Å². The number of aromatic nitrogens is 17. The fourth-order valence-corrected chi connectivity index (χ4v) is 14.0. The van der Waals surface area contributed by atoms with E-state index in [-0.39, 0.29) is 93.8 Å². The van der Waals surface area contributed by atoms with E-state index in [1.807, 2.05) is 37.3 Å². The monoisotopic (exact) mass is 1650 g/mol. The van der Waals surface area contributed by atoms with Crippen LogP contribution in [0.5, 0.6) is 29.3 Å². The van der Waals surface area contributed by atoms with Crippen molar-refractivity contribution >= 4 is 97.9 Å². The maximum Gasteiger partial charge on any atom is 0.246 e. The van der Waals surface area contributed by atoms with Crippen LogP contribution in [0.2, 0.25) is 0 Å². The van der Waals surface area contributed by atoms with Gasteiger partial charge in [-0.1, -0.05) is 54.1 Å². The minimum absolute atomic E-state index is 0.000200. The third-order valence-corrected chi connectivity index (χ3v) is 21.1. The van der Waals surface area contributed by atoms with Crippen molar-refractivity contribution in [2.75, 3.05) is 137 Å². The minimum Gasteiger partial charge on any atom is -0.494 e. The van der Waals surface area contributed by atoms with Crippen molar-refractivity contribution in [1.29, 1.82) is 0 Å². The van der Waals surface area contributed by atoms with Gasteiger partial charge >= 0.3 is 0 Å². The molecule has 44 heteroatoms. The van der Waals surface area contributed by atoms with E-state index in [1.54, 1.807) is 93.6 Å². The number of halogens is 2. The van der Waals surface area contributed by atoms with E-state index in [0.29, 0.717) is 125 Å². The largest absolute Gasteiger partial charge is 0.494 e. The smallest absolute Gasteiger partial charge is 0.246 e. The van der Waals surface area contributed by atoms with Gasteiger partial charge in [0.15, 0.2) is 56.2 Å². The average Bonchev–Trinajstić information content (AvgIpc) is 1.69. The molecular weight excluding hydrogens is 1560 g/mol. The maximum absolute atomic E-state index is 13.7. The van der Waals surface area contributed by atoms with Crippen LogP contribution in [0.25, 0.3) is 44.7 Å². The van der Waals surface area contributed by atoms with Crippen molar-refractivity contribution < 1.29 is 87.8 Å². The summed E-state index contributed by atoms with van der Waals surface area (Å²) in [4.78, 5) is 53.6. The summed E-state index contributed by atoms with van der Waals surface area (Å²) >= 11 is 0. The Morgan fingerprint density at radius 3 is 1.04 bits per heavy atom. The van der Waals surface area contributed by atoms with Gasteiger partial charge in [0.05, 0.1) is 114 Å². The van der Waals surface area contributed by atoms with Crippen LogP contribution in [0.3, 0.4) is 0 Å². The van der Waals surface area contributed by atoms with Crippen molar-refractivity contribution in [3.05, 3.63) is 156 Å². The van der Waals surface area contributed by atoms with Crippen molar-refractivity contribution in [1.82, 2.24) is 83.1 Å². The quantitative estimate of drug-likeness (QED) is 0.0208. The summed E-state index contributed by atoms with van der Waals surface area (Å²) in [5.74, 6) is 0.857. The minimum atomic E-state index is -3.03. The van der Waals surface area contributed by atoms with Crippen LogP contribution in [0.1, 0.15) is 27.8 Å². The topological polar surface area (TPSA) is 480 Å². The number of hydrogen-bond acceptors (Lipinski definition) is 34. The molecule has 9 aromatic heterocycles. The molecule has 12 aromatic rings. The van der Waals surface area contributed by atoms with Crippen molar-refractivity contribution in [2.45, 2.75) is 59.5 Å². The number of methoxy groups -OCH3 is 5. The van der Waals surface area contributed by atoms with Gasteiger partial charge in [-0.05, 0) is 59.5 Å². The summed E-state index contributed by atoms with van der Waals surface area (Å²) < 4.78 is 153. The molecule has 0 aliphatic rings. The highest BCUT2D eigenvalue weighted by Crippen LogP contribution is 2.46. The number of ether oxygens (including phenoxy) is 9. The zero-order valence-electron chi connectivity index (χ0n) is 63.7. The van der Waals surface area contributed by atoms with E-state index in [1.165, 1.54) is 78.7 Å². The summed E-state index contributed by atoms with van der Waals surface area (Å²) in [5, 5.41) is 0. The van der Waals surface area contributed by atoms with Gasteiger partial charge in [0.2, 0.25) is 76.8 Å². The number of anilines is 4. The summed E-state index contributed by atoms with van der Waals surface area (Å²) in [6.45, 7) is 11.6. The number of aryl methyl sites for hydroxylation is 1. The molecule has 8 N–H and O–H groups in total. The molecule has 0 bridgehead atoms. The molecule has 0 aliphatic carbocycles. The van der Waals surface area contributed by atoms with Crippen molar-refractivity contribution in [2.24, 2.45) is 0 Å². The normalized spacial score (nSPS) is 13.5. The Labute approximate surface area is 647 Å². The summed E-state index contributed by atoms with van der Waals surface area (Å²) in [7, 11) is -4.42. The molecule has 4 unspecified atom stereocenters. The van der Waals surface area contributed by atoms with Crippen LogP contribution >= 0.6 is 29.5 Å². The van der Waals surface area contributed by atoms with Gasteiger partial charge in [0.1, 0.15) is 31.2 Å². The lowest BCUT2D eigenvalue weighted by atomic mass is 10.2. The summed E-state index contributed by atoms with van der Waals surface area (Å²) in [5.41, 5.74) is 31.1. The molecule has 0 amide bonds. The zero-order chi connectivity index (χ0) is 81.3. The molecule has 0 saturated heterocycles. The molecule has 12 rings (SSSR count). The number of rotatable bonds is 37. The lowest BCUT2D eigenvalue weighted by Gasteiger charge is -2.15. The van der Waals surface area contributed by atoms with Crippen molar-refractivity contribution in [3.8, 4) is 29.3 Å². The molecular formula is C69H89F2N21O17P4. The average molecular weight is 1650 g/mol. The molecule has 0 fully saturated rings. The van der Waals surface area contributed by atoms with Gasteiger partial charge in [-0.15, -0.1) is 0 Å². The Bertz CT molecular complexity index is 5320. The first-order valence-electron chi connectivity index (χ1n) is 34.3. The molecule has 4 atom stereocenters.